The fourth-order valence-corrected chi connectivity index (χ4v) is 4.81. The van der Waals surface area contributed by atoms with Crippen molar-refractivity contribution in [3.8, 4) is 5.69 Å². The predicted octanol–water partition coefficient (Wildman–Crippen LogP) is 5.32. The molecule has 0 atom stereocenters. The van der Waals surface area contributed by atoms with Crippen molar-refractivity contribution >= 4 is 40.6 Å². The summed E-state index contributed by atoms with van der Waals surface area (Å²) in [4.78, 5) is 14.4. The number of nitrogens with zero attached hydrogens (tertiary/aromatic N) is 4. The highest BCUT2D eigenvalue weighted by atomic mass is 35.5. The van der Waals surface area contributed by atoms with Crippen molar-refractivity contribution in [2.45, 2.75) is 18.1 Å². The summed E-state index contributed by atoms with van der Waals surface area (Å²) < 4.78 is 2.00. The van der Waals surface area contributed by atoms with Gasteiger partial charge in [-0.3, -0.25) is 9.36 Å². The molecule has 0 saturated heterocycles. The summed E-state index contributed by atoms with van der Waals surface area (Å²) in [5.74, 6) is 1.15. The summed E-state index contributed by atoms with van der Waals surface area (Å²) in [7, 11) is 1.82. The summed E-state index contributed by atoms with van der Waals surface area (Å²) in [6.07, 6.45) is 0.642. The van der Waals surface area contributed by atoms with E-state index in [1.165, 1.54) is 11.8 Å². The van der Waals surface area contributed by atoms with Gasteiger partial charge >= 0.3 is 0 Å². The van der Waals surface area contributed by atoms with Crippen LogP contribution in [0.3, 0.4) is 0 Å². The van der Waals surface area contributed by atoms with Crippen LogP contribution in [0.15, 0.2) is 76.6 Å². The van der Waals surface area contributed by atoms with Crippen LogP contribution in [0.25, 0.3) is 5.69 Å². The minimum Gasteiger partial charge on any atom is -0.341 e. The largest absolute Gasteiger partial charge is 0.341 e. The lowest BCUT2D eigenvalue weighted by molar-refractivity contribution is -0.127. The lowest BCUT2D eigenvalue weighted by Crippen LogP contribution is -2.27. The number of hydrogen-bond acceptors (Lipinski definition) is 5. The summed E-state index contributed by atoms with van der Waals surface area (Å²) in [6, 6.07) is 19.7. The second-order valence-electron chi connectivity index (χ2n) is 7.04. The first kappa shape index (κ1) is 21.6. The van der Waals surface area contributed by atoms with Crippen molar-refractivity contribution in [2.75, 3.05) is 12.8 Å². The van der Waals surface area contributed by atoms with E-state index in [0.29, 0.717) is 23.1 Å². The van der Waals surface area contributed by atoms with Crippen molar-refractivity contribution in [3.63, 3.8) is 0 Å². The molecule has 0 aliphatic heterocycles. The fourth-order valence-electron chi connectivity index (χ4n) is 3.12. The van der Waals surface area contributed by atoms with E-state index in [9.17, 15) is 4.79 Å². The molecule has 8 heteroatoms. The van der Waals surface area contributed by atoms with Gasteiger partial charge in [0.05, 0.1) is 5.75 Å². The second kappa shape index (κ2) is 10.1. The summed E-state index contributed by atoms with van der Waals surface area (Å²) in [6.45, 7) is 0.603. The highest BCUT2D eigenvalue weighted by molar-refractivity contribution is 7.99. The van der Waals surface area contributed by atoms with E-state index in [2.05, 4.69) is 27.7 Å². The van der Waals surface area contributed by atoms with Gasteiger partial charge in [0.1, 0.15) is 5.82 Å². The van der Waals surface area contributed by atoms with Crippen molar-refractivity contribution in [1.29, 1.82) is 0 Å². The molecule has 0 spiro atoms. The van der Waals surface area contributed by atoms with E-state index in [1.54, 1.807) is 16.2 Å². The van der Waals surface area contributed by atoms with Crippen LogP contribution in [0.1, 0.15) is 17.0 Å². The van der Waals surface area contributed by atoms with Crippen LogP contribution in [-0.4, -0.2) is 38.4 Å². The van der Waals surface area contributed by atoms with Gasteiger partial charge < -0.3 is 4.90 Å². The first-order valence-corrected chi connectivity index (χ1v) is 12.0. The fraction of sp³-hybridized carbons (Fsp3) is 0.174. The zero-order chi connectivity index (χ0) is 21.6. The first-order chi connectivity index (χ1) is 15.1. The molecule has 0 N–H and O–H groups in total. The molecular weight excluding hydrogens is 448 g/mol. The zero-order valence-corrected chi connectivity index (χ0v) is 19.3. The Hall–Kier alpha value is -2.61. The maximum Gasteiger partial charge on any atom is 0.233 e. The Labute approximate surface area is 194 Å². The maximum absolute atomic E-state index is 12.7. The lowest BCUT2D eigenvalue weighted by Gasteiger charge is -2.16. The molecule has 4 rings (SSSR count). The van der Waals surface area contributed by atoms with Crippen molar-refractivity contribution < 1.29 is 4.79 Å². The number of carbonyl (C=O) groups is 1. The predicted molar refractivity (Wildman–Crippen MR) is 127 cm³/mol. The van der Waals surface area contributed by atoms with Crippen molar-refractivity contribution in [2.24, 2.45) is 0 Å². The number of thiophene rings is 1. The van der Waals surface area contributed by atoms with Gasteiger partial charge in [-0.15, -0.1) is 10.2 Å². The van der Waals surface area contributed by atoms with E-state index in [4.69, 9.17) is 11.6 Å². The molecule has 0 fully saturated rings. The smallest absolute Gasteiger partial charge is 0.233 e. The molecule has 4 aromatic rings. The molecule has 1 amide bonds. The minimum atomic E-state index is 0.0477. The van der Waals surface area contributed by atoms with E-state index in [1.807, 2.05) is 65.5 Å². The average molecular weight is 469 g/mol. The Balaban J connectivity index is 1.53. The molecule has 5 nitrogen and oxygen atoms in total. The molecule has 2 heterocycles. The third-order valence-corrected chi connectivity index (χ3v) is 6.64. The second-order valence-corrected chi connectivity index (χ2v) is 9.20. The number of carbonyl (C=O) groups excluding carboxylic acids is 1. The van der Waals surface area contributed by atoms with Crippen LogP contribution in [0.5, 0.6) is 0 Å². The van der Waals surface area contributed by atoms with E-state index < -0.39 is 0 Å². The molecule has 0 saturated carbocycles. The first-order valence-electron chi connectivity index (χ1n) is 9.72. The SMILES string of the molecule is CN(Cc1ccsc1)C(=O)CSc1nnc(Cc2ccccc2)n1-c1ccc(Cl)cc1. The summed E-state index contributed by atoms with van der Waals surface area (Å²) in [5, 5.41) is 14.3. The van der Waals surface area contributed by atoms with Gasteiger partial charge in [-0.05, 0) is 52.2 Å². The van der Waals surface area contributed by atoms with Crippen LogP contribution in [0.4, 0.5) is 0 Å². The highest BCUT2D eigenvalue weighted by Gasteiger charge is 2.18. The van der Waals surface area contributed by atoms with Crippen LogP contribution in [0.2, 0.25) is 5.02 Å². The van der Waals surface area contributed by atoms with Crippen LogP contribution in [-0.2, 0) is 17.8 Å². The lowest BCUT2D eigenvalue weighted by atomic mass is 10.1. The molecule has 31 heavy (non-hydrogen) atoms. The number of thioether (sulfide) groups is 1. The van der Waals surface area contributed by atoms with Gasteiger partial charge in [-0.1, -0.05) is 53.7 Å². The molecule has 0 aliphatic rings. The standard InChI is InChI=1S/C23H21ClN4OS2/c1-27(14-18-11-12-30-15-18)22(29)16-31-23-26-25-21(13-17-5-3-2-4-6-17)28(23)20-9-7-19(24)8-10-20/h2-12,15H,13-14,16H2,1H3. The van der Waals surface area contributed by atoms with E-state index in [-0.39, 0.29) is 11.7 Å². The Morgan fingerprint density at radius 1 is 1.06 bits per heavy atom. The molecular formula is C23H21ClN4OS2. The number of aromatic nitrogens is 3. The quantitative estimate of drug-likeness (QED) is 0.328. The Bertz CT molecular complexity index is 1130. The number of hydrogen-bond donors (Lipinski definition) is 0. The zero-order valence-electron chi connectivity index (χ0n) is 16.9. The Morgan fingerprint density at radius 2 is 1.84 bits per heavy atom. The molecule has 158 valence electrons. The molecule has 0 aliphatic carbocycles. The molecule has 2 aromatic carbocycles. The number of amides is 1. The van der Waals surface area contributed by atoms with Gasteiger partial charge in [0, 0.05) is 30.7 Å². The maximum atomic E-state index is 12.7. The Kier molecular flexibility index (Phi) is 7.06. The number of rotatable bonds is 8. The number of benzene rings is 2. The topological polar surface area (TPSA) is 51.0 Å². The molecule has 0 radical (unpaired) electrons. The van der Waals surface area contributed by atoms with Gasteiger partial charge in [-0.2, -0.15) is 11.3 Å². The number of halogens is 1. The molecule has 0 unspecified atom stereocenters. The van der Waals surface area contributed by atoms with E-state index in [0.717, 1.165) is 22.6 Å². The molecule has 0 bridgehead atoms. The van der Waals surface area contributed by atoms with Crippen LogP contribution in [0, 0.1) is 0 Å². The normalized spacial score (nSPS) is 10.9. The third kappa shape index (κ3) is 5.55. The van der Waals surface area contributed by atoms with Crippen LogP contribution < -0.4 is 0 Å². The van der Waals surface area contributed by atoms with Crippen molar-refractivity contribution in [1.82, 2.24) is 19.7 Å². The van der Waals surface area contributed by atoms with Crippen molar-refractivity contribution in [3.05, 3.63) is 93.4 Å². The van der Waals surface area contributed by atoms with Gasteiger partial charge in [-0.25, -0.2) is 0 Å². The van der Waals surface area contributed by atoms with Gasteiger partial charge in [0.2, 0.25) is 5.91 Å². The monoisotopic (exact) mass is 468 g/mol. The van der Waals surface area contributed by atoms with Crippen LogP contribution >= 0.6 is 34.7 Å². The van der Waals surface area contributed by atoms with Gasteiger partial charge in [0.25, 0.3) is 0 Å². The highest BCUT2D eigenvalue weighted by Crippen LogP contribution is 2.25. The molecule has 2 aromatic heterocycles. The van der Waals surface area contributed by atoms with Gasteiger partial charge in [0.15, 0.2) is 5.16 Å². The summed E-state index contributed by atoms with van der Waals surface area (Å²) in [5.41, 5.74) is 3.20. The third-order valence-electron chi connectivity index (χ3n) is 4.74. The summed E-state index contributed by atoms with van der Waals surface area (Å²) >= 11 is 9.11. The average Bonchev–Trinajstić information content (AvgIpc) is 3.43. The van der Waals surface area contributed by atoms with E-state index >= 15 is 0 Å². The minimum absolute atomic E-state index is 0.0477. The Morgan fingerprint density at radius 3 is 2.55 bits per heavy atom.